The van der Waals surface area contributed by atoms with Gasteiger partial charge in [-0.1, -0.05) is 19.9 Å². The molecular weight excluding hydrogens is 236 g/mol. The molecule has 0 aliphatic heterocycles. The first kappa shape index (κ1) is 14.8. The Bertz CT molecular complexity index is 445. The van der Waals surface area contributed by atoms with E-state index in [-0.39, 0.29) is 17.7 Å². The fourth-order valence-electron chi connectivity index (χ4n) is 2.06. The lowest BCUT2D eigenvalue weighted by molar-refractivity contribution is 0.0781. The second kappa shape index (κ2) is 5.57. The third-order valence-electron chi connectivity index (χ3n) is 3.75. The number of halogens is 2. The summed E-state index contributed by atoms with van der Waals surface area (Å²) < 4.78 is 27.3. The fourth-order valence-corrected chi connectivity index (χ4v) is 2.06. The zero-order valence-electron chi connectivity index (χ0n) is 11.0. The molecule has 0 saturated heterocycles. The van der Waals surface area contributed by atoms with Crippen molar-refractivity contribution < 1.29 is 13.6 Å². The molecule has 0 unspecified atom stereocenters. The second-order valence-electron chi connectivity index (χ2n) is 4.58. The van der Waals surface area contributed by atoms with E-state index in [0.717, 1.165) is 0 Å². The van der Waals surface area contributed by atoms with Crippen LogP contribution in [0.15, 0.2) is 12.1 Å². The van der Waals surface area contributed by atoms with Crippen molar-refractivity contribution in [2.24, 2.45) is 11.1 Å². The summed E-state index contributed by atoms with van der Waals surface area (Å²) in [5.41, 5.74) is 4.83. The number of hydrogen-bond donors (Lipinski definition) is 1. The summed E-state index contributed by atoms with van der Waals surface area (Å²) in [5.74, 6) is -2.44. The molecule has 1 aromatic carbocycles. The molecule has 4 heteroatoms. The van der Waals surface area contributed by atoms with E-state index in [1.54, 1.807) is 0 Å². The SMILES string of the molecule is CCC(CC)(CN)C(=O)c1ccc(C)c(F)c1F. The Labute approximate surface area is 106 Å². The monoisotopic (exact) mass is 255 g/mol. The van der Waals surface area contributed by atoms with Crippen molar-refractivity contribution in [1.82, 2.24) is 0 Å². The van der Waals surface area contributed by atoms with Crippen LogP contribution in [0.2, 0.25) is 0 Å². The number of carbonyl (C=O) groups excluding carboxylic acids is 1. The van der Waals surface area contributed by atoms with Crippen molar-refractivity contribution in [1.29, 1.82) is 0 Å². The first-order valence-electron chi connectivity index (χ1n) is 6.13. The van der Waals surface area contributed by atoms with E-state index in [1.807, 2.05) is 13.8 Å². The summed E-state index contributed by atoms with van der Waals surface area (Å²) in [6, 6.07) is 2.75. The van der Waals surface area contributed by atoms with E-state index in [2.05, 4.69) is 0 Å². The van der Waals surface area contributed by atoms with Gasteiger partial charge in [0.1, 0.15) is 0 Å². The van der Waals surface area contributed by atoms with Gasteiger partial charge in [0.2, 0.25) is 0 Å². The highest BCUT2D eigenvalue weighted by Gasteiger charge is 2.36. The van der Waals surface area contributed by atoms with Gasteiger partial charge in [0, 0.05) is 12.0 Å². The molecule has 0 saturated carbocycles. The van der Waals surface area contributed by atoms with Gasteiger partial charge < -0.3 is 5.73 Å². The van der Waals surface area contributed by atoms with Gasteiger partial charge in [-0.05, 0) is 31.4 Å². The van der Waals surface area contributed by atoms with Crippen LogP contribution in [0.4, 0.5) is 8.78 Å². The number of carbonyl (C=O) groups is 1. The maximum Gasteiger partial charge on any atom is 0.173 e. The van der Waals surface area contributed by atoms with Crippen LogP contribution >= 0.6 is 0 Å². The summed E-state index contributed by atoms with van der Waals surface area (Å²) in [6.45, 7) is 5.25. The minimum absolute atomic E-state index is 0.133. The fraction of sp³-hybridized carbons (Fsp3) is 0.500. The third-order valence-corrected chi connectivity index (χ3v) is 3.75. The zero-order valence-corrected chi connectivity index (χ0v) is 11.0. The number of rotatable bonds is 5. The maximum atomic E-state index is 13.8. The zero-order chi connectivity index (χ0) is 13.9. The molecule has 0 aromatic heterocycles. The van der Waals surface area contributed by atoms with E-state index in [4.69, 9.17) is 5.73 Å². The lowest BCUT2D eigenvalue weighted by atomic mass is 9.75. The van der Waals surface area contributed by atoms with E-state index < -0.39 is 22.8 Å². The van der Waals surface area contributed by atoms with Crippen LogP contribution in [-0.2, 0) is 0 Å². The molecule has 0 amide bonds. The molecule has 0 aliphatic rings. The van der Waals surface area contributed by atoms with Gasteiger partial charge in [-0.3, -0.25) is 4.79 Å². The van der Waals surface area contributed by atoms with Crippen molar-refractivity contribution in [3.63, 3.8) is 0 Å². The minimum Gasteiger partial charge on any atom is -0.329 e. The molecule has 0 heterocycles. The van der Waals surface area contributed by atoms with Gasteiger partial charge in [0.15, 0.2) is 17.4 Å². The normalized spacial score (nSPS) is 11.7. The largest absolute Gasteiger partial charge is 0.329 e. The average Bonchev–Trinajstić information content (AvgIpc) is 2.39. The number of benzene rings is 1. The van der Waals surface area contributed by atoms with E-state index in [9.17, 15) is 13.6 Å². The summed E-state index contributed by atoms with van der Waals surface area (Å²) >= 11 is 0. The molecule has 0 fully saturated rings. The molecule has 0 radical (unpaired) electrons. The summed E-state index contributed by atoms with van der Waals surface area (Å²) in [6.07, 6.45) is 1.02. The van der Waals surface area contributed by atoms with Gasteiger partial charge >= 0.3 is 0 Å². The Morgan fingerprint density at radius 2 is 1.78 bits per heavy atom. The Kier molecular flexibility index (Phi) is 4.57. The molecule has 100 valence electrons. The quantitative estimate of drug-likeness (QED) is 0.821. The molecule has 0 aliphatic carbocycles. The van der Waals surface area contributed by atoms with Crippen LogP contribution in [0.25, 0.3) is 0 Å². The average molecular weight is 255 g/mol. The number of nitrogens with two attached hydrogens (primary N) is 1. The lowest BCUT2D eigenvalue weighted by Crippen LogP contribution is -2.38. The molecule has 2 nitrogen and oxygen atoms in total. The highest BCUT2D eigenvalue weighted by atomic mass is 19.2. The van der Waals surface area contributed by atoms with Crippen molar-refractivity contribution in [2.75, 3.05) is 6.54 Å². The van der Waals surface area contributed by atoms with Crippen molar-refractivity contribution in [3.05, 3.63) is 34.9 Å². The number of ketones is 1. The van der Waals surface area contributed by atoms with Gasteiger partial charge in [-0.2, -0.15) is 0 Å². The van der Waals surface area contributed by atoms with Crippen LogP contribution in [-0.4, -0.2) is 12.3 Å². The molecular formula is C14H19F2NO. The smallest absolute Gasteiger partial charge is 0.173 e. The van der Waals surface area contributed by atoms with Crippen LogP contribution in [0.5, 0.6) is 0 Å². The molecule has 18 heavy (non-hydrogen) atoms. The molecule has 0 spiro atoms. The lowest BCUT2D eigenvalue weighted by Gasteiger charge is -2.28. The Balaban J connectivity index is 3.30. The Hall–Kier alpha value is -1.29. The van der Waals surface area contributed by atoms with Crippen LogP contribution in [0.1, 0.15) is 42.6 Å². The molecule has 0 atom stereocenters. The van der Waals surface area contributed by atoms with Crippen LogP contribution in [0.3, 0.4) is 0 Å². The summed E-state index contributed by atoms with van der Waals surface area (Å²) in [5, 5.41) is 0. The van der Waals surface area contributed by atoms with Gasteiger partial charge in [-0.15, -0.1) is 0 Å². The number of aryl methyl sites for hydroxylation is 1. The third kappa shape index (κ3) is 2.29. The molecule has 1 aromatic rings. The minimum atomic E-state index is -1.07. The summed E-state index contributed by atoms with van der Waals surface area (Å²) in [4.78, 5) is 12.4. The molecule has 1 rings (SSSR count). The number of Topliss-reactive ketones (excluding diaryl/α,β-unsaturated/α-hetero) is 1. The Morgan fingerprint density at radius 1 is 1.22 bits per heavy atom. The summed E-state index contributed by atoms with van der Waals surface area (Å²) in [7, 11) is 0. The van der Waals surface area contributed by atoms with Crippen molar-refractivity contribution in [2.45, 2.75) is 33.6 Å². The van der Waals surface area contributed by atoms with Crippen molar-refractivity contribution in [3.8, 4) is 0 Å². The van der Waals surface area contributed by atoms with Crippen LogP contribution in [0, 0.1) is 24.0 Å². The molecule has 2 N–H and O–H groups in total. The second-order valence-corrected chi connectivity index (χ2v) is 4.58. The van der Waals surface area contributed by atoms with Crippen LogP contribution < -0.4 is 5.73 Å². The standard InChI is InChI=1S/C14H19F2NO/c1-4-14(5-2,8-17)13(18)10-7-6-9(3)11(15)12(10)16/h6-7H,4-5,8,17H2,1-3H3. The first-order chi connectivity index (χ1) is 8.43. The van der Waals surface area contributed by atoms with E-state index in [1.165, 1.54) is 19.1 Å². The predicted molar refractivity (Wildman–Crippen MR) is 67.5 cm³/mol. The number of hydrogen-bond acceptors (Lipinski definition) is 2. The Morgan fingerprint density at radius 3 is 2.22 bits per heavy atom. The predicted octanol–water partition coefficient (Wildman–Crippen LogP) is 3.22. The highest BCUT2D eigenvalue weighted by Crippen LogP contribution is 2.31. The van der Waals surface area contributed by atoms with Gasteiger partial charge in [-0.25, -0.2) is 8.78 Å². The first-order valence-corrected chi connectivity index (χ1v) is 6.13. The van der Waals surface area contributed by atoms with E-state index >= 15 is 0 Å². The van der Waals surface area contributed by atoms with Gasteiger partial charge in [0.05, 0.1) is 5.56 Å². The van der Waals surface area contributed by atoms with Crippen molar-refractivity contribution >= 4 is 5.78 Å². The topological polar surface area (TPSA) is 43.1 Å². The van der Waals surface area contributed by atoms with E-state index in [0.29, 0.717) is 12.8 Å². The maximum absolute atomic E-state index is 13.8. The highest BCUT2D eigenvalue weighted by molar-refractivity contribution is 6.01. The molecule has 0 bridgehead atoms. The van der Waals surface area contributed by atoms with Gasteiger partial charge in [0.25, 0.3) is 0 Å².